The minimum absolute atomic E-state index is 0.0271. The SMILES string of the molecule is NC(=O)CCN(C(=O)CN1CCCC1c1ccc(Cl)c(Cl)c1)c1ccc(F)cc1. The molecular formula is C21H22Cl2FN3O2. The number of nitrogens with two attached hydrogens (primary N) is 1. The van der Waals surface area contributed by atoms with Gasteiger partial charge in [-0.15, -0.1) is 0 Å². The number of primary amides is 1. The highest BCUT2D eigenvalue weighted by Crippen LogP contribution is 2.35. The molecule has 0 aromatic heterocycles. The molecule has 0 spiro atoms. The van der Waals surface area contributed by atoms with Gasteiger partial charge < -0.3 is 10.6 Å². The Bertz CT molecular complexity index is 892. The van der Waals surface area contributed by atoms with E-state index in [9.17, 15) is 14.0 Å². The molecule has 29 heavy (non-hydrogen) atoms. The lowest BCUT2D eigenvalue weighted by atomic mass is 10.0. The van der Waals surface area contributed by atoms with Crippen LogP contribution in [-0.2, 0) is 9.59 Å². The number of halogens is 3. The first-order chi connectivity index (χ1) is 13.8. The number of carbonyl (C=O) groups is 2. The van der Waals surface area contributed by atoms with Crippen LogP contribution in [0.2, 0.25) is 10.0 Å². The first kappa shape index (κ1) is 21.6. The molecule has 2 aromatic rings. The van der Waals surface area contributed by atoms with Crippen molar-refractivity contribution in [3.63, 3.8) is 0 Å². The predicted molar refractivity (Wildman–Crippen MR) is 113 cm³/mol. The molecule has 8 heteroatoms. The highest BCUT2D eigenvalue weighted by atomic mass is 35.5. The molecule has 1 aliphatic heterocycles. The fourth-order valence-corrected chi connectivity index (χ4v) is 3.92. The van der Waals surface area contributed by atoms with E-state index in [1.165, 1.54) is 29.2 Å². The van der Waals surface area contributed by atoms with Crippen molar-refractivity contribution in [2.45, 2.75) is 25.3 Å². The number of carbonyl (C=O) groups excluding carboxylic acids is 2. The van der Waals surface area contributed by atoms with Crippen molar-refractivity contribution in [2.24, 2.45) is 5.73 Å². The molecule has 1 unspecified atom stereocenters. The number of benzene rings is 2. The van der Waals surface area contributed by atoms with Crippen LogP contribution in [0.25, 0.3) is 0 Å². The number of likely N-dealkylation sites (tertiary alicyclic amines) is 1. The van der Waals surface area contributed by atoms with Crippen LogP contribution in [0, 0.1) is 5.82 Å². The number of anilines is 1. The van der Waals surface area contributed by atoms with E-state index < -0.39 is 11.7 Å². The summed E-state index contributed by atoms with van der Waals surface area (Å²) in [6, 6.07) is 11.2. The van der Waals surface area contributed by atoms with Crippen LogP contribution in [0.15, 0.2) is 42.5 Å². The lowest BCUT2D eigenvalue weighted by Crippen LogP contribution is -2.41. The first-order valence-electron chi connectivity index (χ1n) is 9.38. The number of hydrogen-bond donors (Lipinski definition) is 1. The summed E-state index contributed by atoms with van der Waals surface area (Å²) in [7, 11) is 0. The van der Waals surface area contributed by atoms with E-state index in [1.54, 1.807) is 6.07 Å². The van der Waals surface area contributed by atoms with Gasteiger partial charge in [0.2, 0.25) is 11.8 Å². The van der Waals surface area contributed by atoms with Gasteiger partial charge in [-0.3, -0.25) is 14.5 Å². The Hall–Kier alpha value is -2.15. The molecule has 1 aliphatic rings. The van der Waals surface area contributed by atoms with Crippen LogP contribution in [0.5, 0.6) is 0 Å². The molecule has 0 radical (unpaired) electrons. The second kappa shape index (κ2) is 9.57. The fraction of sp³-hybridized carbons (Fsp3) is 0.333. The van der Waals surface area contributed by atoms with Crippen LogP contribution in [0.3, 0.4) is 0 Å². The van der Waals surface area contributed by atoms with Gasteiger partial charge in [-0.05, 0) is 61.3 Å². The van der Waals surface area contributed by atoms with Gasteiger partial charge in [-0.25, -0.2) is 4.39 Å². The zero-order chi connectivity index (χ0) is 21.0. The third kappa shape index (κ3) is 5.47. The standard InChI is InChI=1S/C21H22Cl2FN3O2/c22-17-8-3-14(12-18(17)23)19-2-1-10-26(19)13-21(29)27(11-9-20(25)28)16-6-4-15(24)5-7-16/h3-8,12,19H,1-2,9-11,13H2,(H2,25,28). The topological polar surface area (TPSA) is 66.6 Å². The van der Waals surface area contributed by atoms with Gasteiger partial charge in [0, 0.05) is 24.7 Å². The van der Waals surface area contributed by atoms with Crippen LogP contribution < -0.4 is 10.6 Å². The van der Waals surface area contributed by atoms with Crippen molar-refractivity contribution in [3.05, 3.63) is 63.9 Å². The second-order valence-electron chi connectivity index (χ2n) is 7.04. The van der Waals surface area contributed by atoms with Crippen LogP contribution >= 0.6 is 23.2 Å². The summed E-state index contributed by atoms with van der Waals surface area (Å²) in [4.78, 5) is 27.9. The lowest BCUT2D eigenvalue weighted by Gasteiger charge is -2.29. The van der Waals surface area contributed by atoms with E-state index in [0.29, 0.717) is 15.7 Å². The van der Waals surface area contributed by atoms with Crippen molar-refractivity contribution in [3.8, 4) is 0 Å². The zero-order valence-corrected chi connectivity index (χ0v) is 17.3. The maximum atomic E-state index is 13.3. The molecule has 2 N–H and O–H groups in total. The van der Waals surface area contributed by atoms with E-state index in [0.717, 1.165) is 24.9 Å². The van der Waals surface area contributed by atoms with E-state index in [4.69, 9.17) is 28.9 Å². The van der Waals surface area contributed by atoms with Crippen LogP contribution in [0.1, 0.15) is 30.9 Å². The summed E-state index contributed by atoms with van der Waals surface area (Å²) in [5.74, 6) is -1.07. The molecule has 1 saturated heterocycles. The summed E-state index contributed by atoms with van der Waals surface area (Å²) in [6.45, 7) is 1.08. The summed E-state index contributed by atoms with van der Waals surface area (Å²) >= 11 is 12.2. The van der Waals surface area contributed by atoms with Crippen molar-refractivity contribution >= 4 is 40.7 Å². The normalized spacial score (nSPS) is 16.7. The zero-order valence-electron chi connectivity index (χ0n) is 15.8. The molecular weight excluding hydrogens is 416 g/mol. The molecule has 0 saturated carbocycles. The van der Waals surface area contributed by atoms with E-state index >= 15 is 0 Å². The van der Waals surface area contributed by atoms with E-state index in [-0.39, 0.29) is 31.5 Å². The Kier molecular flexibility index (Phi) is 7.11. The molecule has 5 nitrogen and oxygen atoms in total. The van der Waals surface area contributed by atoms with E-state index in [2.05, 4.69) is 4.90 Å². The third-order valence-electron chi connectivity index (χ3n) is 5.05. The Morgan fingerprint density at radius 3 is 2.52 bits per heavy atom. The summed E-state index contributed by atoms with van der Waals surface area (Å²) in [6.07, 6.45) is 1.89. The number of hydrogen-bond acceptors (Lipinski definition) is 3. The maximum absolute atomic E-state index is 13.3. The van der Waals surface area contributed by atoms with Crippen molar-refractivity contribution in [1.29, 1.82) is 0 Å². The smallest absolute Gasteiger partial charge is 0.241 e. The summed E-state index contributed by atoms with van der Waals surface area (Å²) in [5.41, 5.74) is 6.80. The van der Waals surface area contributed by atoms with Gasteiger partial charge in [-0.1, -0.05) is 29.3 Å². The van der Waals surface area contributed by atoms with Crippen molar-refractivity contribution in [1.82, 2.24) is 4.90 Å². The van der Waals surface area contributed by atoms with Gasteiger partial charge >= 0.3 is 0 Å². The summed E-state index contributed by atoms with van der Waals surface area (Å²) in [5, 5.41) is 0.974. The monoisotopic (exact) mass is 437 g/mol. The number of amides is 2. The minimum Gasteiger partial charge on any atom is -0.370 e. The maximum Gasteiger partial charge on any atom is 0.241 e. The molecule has 2 amide bonds. The Morgan fingerprint density at radius 1 is 1.14 bits per heavy atom. The Morgan fingerprint density at radius 2 is 1.86 bits per heavy atom. The molecule has 1 atom stereocenters. The highest BCUT2D eigenvalue weighted by Gasteiger charge is 2.30. The molecule has 3 rings (SSSR count). The van der Waals surface area contributed by atoms with Crippen LogP contribution in [-0.4, -0.2) is 36.3 Å². The lowest BCUT2D eigenvalue weighted by molar-refractivity contribution is -0.120. The Balaban J connectivity index is 1.77. The molecule has 2 aromatic carbocycles. The summed E-state index contributed by atoms with van der Waals surface area (Å²) < 4.78 is 13.3. The largest absolute Gasteiger partial charge is 0.370 e. The second-order valence-corrected chi connectivity index (χ2v) is 7.85. The predicted octanol–water partition coefficient (Wildman–Crippen LogP) is 4.18. The van der Waals surface area contributed by atoms with Crippen LogP contribution in [0.4, 0.5) is 10.1 Å². The van der Waals surface area contributed by atoms with Crippen molar-refractivity contribution < 1.29 is 14.0 Å². The fourth-order valence-electron chi connectivity index (χ4n) is 3.61. The average molecular weight is 438 g/mol. The van der Waals surface area contributed by atoms with Gasteiger partial charge in [0.25, 0.3) is 0 Å². The highest BCUT2D eigenvalue weighted by molar-refractivity contribution is 6.42. The average Bonchev–Trinajstić information content (AvgIpc) is 3.13. The van der Waals surface area contributed by atoms with Crippen molar-refractivity contribution in [2.75, 3.05) is 24.5 Å². The number of nitrogens with zero attached hydrogens (tertiary/aromatic N) is 2. The molecule has 0 aliphatic carbocycles. The number of rotatable bonds is 7. The van der Waals surface area contributed by atoms with Gasteiger partial charge in [0.05, 0.1) is 16.6 Å². The van der Waals surface area contributed by atoms with Gasteiger partial charge in [0.15, 0.2) is 0 Å². The Labute approximate surface area is 179 Å². The van der Waals surface area contributed by atoms with Gasteiger partial charge in [-0.2, -0.15) is 0 Å². The molecule has 0 bridgehead atoms. The quantitative estimate of drug-likeness (QED) is 0.706. The molecule has 154 valence electrons. The van der Waals surface area contributed by atoms with Gasteiger partial charge in [0.1, 0.15) is 5.82 Å². The molecule has 1 heterocycles. The third-order valence-corrected chi connectivity index (χ3v) is 5.79. The molecule has 1 fully saturated rings. The van der Waals surface area contributed by atoms with E-state index in [1.807, 2.05) is 12.1 Å². The first-order valence-corrected chi connectivity index (χ1v) is 10.1. The minimum atomic E-state index is -0.500.